The van der Waals surface area contributed by atoms with Gasteiger partial charge in [0.1, 0.15) is 5.82 Å². The number of hydrogen-bond donors (Lipinski definition) is 0. The fourth-order valence-corrected chi connectivity index (χ4v) is 9.44. The van der Waals surface area contributed by atoms with Gasteiger partial charge in [-0.25, -0.2) is 4.98 Å². The van der Waals surface area contributed by atoms with Crippen LogP contribution in [0.25, 0.3) is 72.4 Å². The average Bonchev–Trinajstić information content (AvgIpc) is 4.11. The fourth-order valence-electron chi connectivity index (χ4n) is 9.44. The van der Waals surface area contributed by atoms with Gasteiger partial charge in [-0.3, -0.25) is 14.1 Å². The number of fused-ring (bicyclic) bond motifs is 6. The largest absolute Gasteiger partial charge is 0.522 e. The minimum Gasteiger partial charge on any atom is -0.522 e. The summed E-state index contributed by atoms with van der Waals surface area (Å²) in [5.74, 6) is 1.77. The predicted octanol–water partition coefficient (Wildman–Crippen LogP) is 14.0. The van der Waals surface area contributed by atoms with E-state index in [9.17, 15) is 5.48 Å². The summed E-state index contributed by atoms with van der Waals surface area (Å²) in [7, 11) is 0. The summed E-state index contributed by atoms with van der Waals surface area (Å²) in [4.78, 5) is 9.72. The van der Waals surface area contributed by atoms with Crippen molar-refractivity contribution in [3.05, 3.63) is 193 Å². The Kier molecular flexibility index (Phi) is 8.17. The van der Waals surface area contributed by atoms with Gasteiger partial charge >= 0.3 is 0 Å². The molecule has 1 aliphatic carbocycles. The summed E-state index contributed by atoms with van der Waals surface area (Å²) in [6.07, 6.45) is 8.74. The Morgan fingerprint density at radius 1 is 0.697 bits per heavy atom. The third-order valence-electron chi connectivity index (χ3n) is 12.9. The van der Waals surface area contributed by atoms with Gasteiger partial charge in [-0.05, 0) is 97.4 Å². The number of nitrogens with zero attached hydrogens (tertiary/aromatic N) is 5. The molecule has 0 radical (unpaired) electrons. The summed E-state index contributed by atoms with van der Waals surface area (Å²) < 4.78 is 101. The van der Waals surface area contributed by atoms with Crippen molar-refractivity contribution in [3.8, 4) is 51.1 Å². The van der Waals surface area contributed by atoms with E-state index in [2.05, 4.69) is 95.8 Å². The molecule has 330 valence electrons. The van der Waals surface area contributed by atoms with Crippen molar-refractivity contribution in [2.24, 2.45) is 0 Å². The van der Waals surface area contributed by atoms with Crippen LogP contribution in [0.1, 0.15) is 91.7 Å². The molecule has 0 fully saturated rings. The zero-order valence-corrected chi connectivity index (χ0v) is 39.9. The molecule has 4 aromatic heterocycles. The smallest absolute Gasteiger partial charge is 0.269 e. The van der Waals surface area contributed by atoms with Crippen molar-refractivity contribution in [3.63, 3.8) is 0 Å². The van der Waals surface area contributed by atoms with Gasteiger partial charge in [0, 0.05) is 38.5 Å². The van der Waals surface area contributed by atoms with Crippen LogP contribution < -0.4 is 9.30 Å². The van der Waals surface area contributed by atoms with Crippen LogP contribution >= 0.6 is 0 Å². The summed E-state index contributed by atoms with van der Waals surface area (Å²) in [6, 6.07) is 28.5. The zero-order valence-electron chi connectivity index (χ0n) is 47.6. The number of pyridine rings is 2. The van der Waals surface area contributed by atoms with Crippen LogP contribution in [0.3, 0.4) is 0 Å². The Bertz CT molecular complexity index is 3920. The quantitative estimate of drug-likeness (QED) is 0.118. The predicted molar refractivity (Wildman–Crippen MR) is 263 cm³/mol. The zero-order chi connectivity index (χ0) is 53.4. The molecular weight excluding hydrogens is 990 g/mol. The van der Waals surface area contributed by atoms with Gasteiger partial charge in [-0.2, -0.15) is 18.2 Å². The summed E-state index contributed by atoms with van der Waals surface area (Å²) >= 11 is 0. The van der Waals surface area contributed by atoms with Crippen molar-refractivity contribution in [2.45, 2.75) is 77.6 Å². The Morgan fingerprint density at radius 3 is 2.08 bits per heavy atom. The second-order valence-electron chi connectivity index (χ2n) is 19.0. The molecule has 0 aliphatic heterocycles. The van der Waals surface area contributed by atoms with E-state index >= 15 is 0 Å². The Labute approximate surface area is 415 Å². The van der Waals surface area contributed by atoms with E-state index in [0.29, 0.717) is 22.5 Å². The summed E-state index contributed by atoms with van der Waals surface area (Å²) in [6.45, 7) is 15.3. The number of ether oxygens (including phenoxy) is 1. The van der Waals surface area contributed by atoms with Crippen LogP contribution in [-0.4, -0.2) is 19.1 Å². The van der Waals surface area contributed by atoms with E-state index in [1.54, 1.807) is 39.6 Å². The molecule has 1 aliphatic rings. The molecule has 0 bridgehead atoms. The number of hydrogen-bond acceptors (Lipinski definition) is 3. The van der Waals surface area contributed by atoms with Crippen molar-refractivity contribution in [2.75, 3.05) is 0 Å². The van der Waals surface area contributed by atoms with E-state index in [1.165, 1.54) is 0 Å². The molecular formula is C59H51N5OPt-2. The number of aromatic nitrogens is 5. The van der Waals surface area contributed by atoms with Crippen LogP contribution in [0.4, 0.5) is 0 Å². The maximum atomic E-state index is 9.19. The van der Waals surface area contributed by atoms with Crippen LogP contribution in [0.15, 0.2) is 158 Å². The van der Waals surface area contributed by atoms with E-state index in [1.807, 2.05) is 42.6 Å². The van der Waals surface area contributed by atoms with Crippen molar-refractivity contribution < 1.29 is 44.1 Å². The first-order valence-electron chi connectivity index (χ1n) is 26.8. The second-order valence-corrected chi connectivity index (χ2v) is 19.0. The van der Waals surface area contributed by atoms with Gasteiger partial charge in [0.15, 0.2) is 0 Å². The third kappa shape index (κ3) is 7.36. The maximum absolute atomic E-state index is 9.19. The Balaban J connectivity index is 0.00000657. The van der Waals surface area contributed by atoms with E-state index in [-0.39, 0.29) is 65.7 Å². The van der Waals surface area contributed by atoms with Crippen LogP contribution in [0, 0.1) is 18.5 Å². The third-order valence-corrected chi connectivity index (χ3v) is 12.9. The molecule has 4 heterocycles. The van der Waals surface area contributed by atoms with Crippen molar-refractivity contribution >= 4 is 32.8 Å². The standard InChI is InChI=1S/C59H51N5O.Pt/c1-57(2,3)41-29-33-61-53(35-41)64-49-24-15-14-21-46(49)47-26-25-42(36-51(47)64)65-43-30-34-60-52(37-43)63-38-62(50-28-27-48-54(56(50)63)59(6,7)32-31-58(48,4)5)55-44(39-17-10-8-11-18-39)22-16-23-45(55)40-19-12-9-13-20-40;/h8-30,33-35H,31-32H2,1-7H3;/q-2;/i8D,9D,10D,11D,12D,13D,17D,18D,19D,20D;. The van der Waals surface area contributed by atoms with Gasteiger partial charge < -0.3 is 9.30 Å². The Hall–Kier alpha value is -6.62. The molecule has 6 aromatic carbocycles. The van der Waals surface area contributed by atoms with Crippen molar-refractivity contribution in [1.82, 2.24) is 19.1 Å². The molecule has 7 heteroatoms. The monoisotopic (exact) mass is 1050 g/mol. The maximum Gasteiger partial charge on any atom is 0.269 e. The average molecular weight is 1050 g/mol. The summed E-state index contributed by atoms with van der Waals surface area (Å²) in [5, 5.41) is 2.01. The minimum absolute atomic E-state index is 0. The molecule has 66 heavy (non-hydrogen) atoms. The number of imidazole rings is 1. The molecule has 11 rings (SSSR count). The first-order valence-corrected chi connectivity index (χ1v) is 21.8. The Morgan fingerprint density at radius 2 is 1.36 bits per heavy atom. The molecule has 0 amide bonds. The second kappa shape index (κ2) is 16.4. The van der Waals surface area contributed by atoms with Crippen molar-refractivity contribution in [1.29, 1.82) is 0 Å². The van der Waals surface area contributed by atoms with Gasteiger partial charge in [-0.15, -0.1) is 17.5 Å². The topological polar surface area (TPSA) is 48.8 Å². The first kappa shape index (κ1) is 32.9. The molecule has 0 N–H and O–H groups in total. The summed E-state index contributed by atoms with van der Waals surface area (Å²) in [5.41, 5.74) is 5.63. The van der Waals surface area contributed by atoms with E-state index < -0.39 is 65.8 Å². The number of rotatable bonds is 7. The normalized spacial score (nSPS) is 16.4. The number of para-hydroxylation sites is 2. The number of benzene rings is 6. The van der Waals surface area contributed by atoms with Gasteiger partial charge in [0.25, 0.3) is 6.33 Å². The van der Waals surface area contributed by atoms with E-state index in [0.717, 1.165) is 57.2 Å². The van der Waals surface area contributed by atoms with Gasteiger partial charge in [0.05, 0.1) is 36.2 Å². The molecule has 0 spiro atoms. The molecule has 10 aromatic rings. The van der Waals surface area contributed by atoms with Crippen LogP contribution in [0.2, 0.25) is 0 Å². The van der Waals surface area contributed by atoms with Crippen LogP contribution in [0.5, 0.6) is 11.5 Å². The van der Waals surface area contributed by atoms with Gasteiger partial charge in [0.2, 0.25) is 0 Å². The molecule has 0 saturated carbocycles. The first-order chi connectivity index (χ1) is 35.5. The molecule has 6 nitrogen and oxygen atoms in total. The van der Waals surface area contributed by atoms with Gasteiger partial charge in [-0.1, -0.05) is 169 Å². The molecule has 0 atom stereocenters. The fraction of sp³-hybridized carbons (Fsp3) is 0.203. The van der Waals surface area contributed by atoms with E-state index in [4.69, 9.17) is 22.9 Å². The molecule has 0 unspecified atom stereocenters. The van der Waals surface area contributed by atoms with Crippen LogP contribution in [-0.2, 0) is 37.3 Å². The SMILES string of the molecule is [2H]c1c([2H])c([2H])c(-c2cccc(-c3c([2H])c([2H])c([2H])c([2H])c3[2H])c2-[n+]2[c-]n(-c3[c-]c(Oc4[c-]c5c(cc4)c4ccccc4n5-c4cc(C(C)(C)C)ccn4)ccn3)c3c4c(ccc32)C(C)(C)CCC4(C)C)c([2H])c1[2H].[Pt]. The minimum atomic E-state index is -0.573. The molecule has 0 saturated heterocycles.